The monoisotopic (exact) mass is 533 g/mol. The first-order chi connectivity index (χ1) is 18.4. The number of ether oxygens (including phenoxy) is 1. The number of anilines is 1. The molecule has 0 aliphatic carbocycles. The van der Waals surface area contributed by atoms with E-state index < -0.39 is 6.04 Å². The molecule has 3 aromatic carbocycles. The maximum Gasteiger partial charge on any atom is 0.264 e. The molecule has 1 saturated heterocycles. The predicted molar refractivity (Wildman–Crippen MR) is 157 cm³/mol. The van der Waals surface area contributed by atoms with Gasteiger partial charge < -0.3 is 26.2 Å². The highest BCUT2D eigenvalue weighted by atomic mass is 32.2. The van der Waals surface area contributed by atoms with Crippen molar-refractivity contribution in [2.45, 2.75) is 44.0 Å². The Hall–Kier alpha value is -3.42. The quantitative estimate of drug-likeness (QED) is 0.117. The van der Waals surface area contributed by atoms with Gasteiger partial charge in [-0.3, -0.25) is 4.79 Å². The Morgan fingerprint density at radius 1 is 1.03 bits per heavy atom. The lowest BCUT2D eigenvalue weighted by molar-refractivity contribution is -0.117. The van der Waals surface area contributed by atoms with Crippen molar-refractivity contribution in [1.29, 1.82) is 0 Å². The van der Waals surface area contributed by atoms with Crippen LogP contribution in [0.5, 0.6) is 0 Å². The highest BCUT2D eigenvalue weighted by Gasteiger charge is 2.23. The Morgan fingerprint density at radius 2 is 1.68 bits per heavy atom. The molecule has 1 atom stereocenters. The van der Waals surface area contributed by atoms with Crippen LogP contribution in [0.2, 0.25) is 0 Å². The molecule has 7 heteroatoms. The SMILES string of the molecule is CCC1CCOCC1.CN/C(O)=C(/Sc1ccccc1C)C(=O)NC(c1ccccc1)c1cccc(N)c1. The Labute approximate surface area is 230 Å². The maximum absolute atomic E-state index is 13.3. The van der Waals surface area contributed by atoms with Crippen LogP contribution in [0.4, 0.5) is 5.69 Å². The second-order valence-electron chi connectivity index (χ2n) is 9.25. The van der Waals surface area contributed by atoms with Crippen LogP contribution in [0.15, 0.2) is 94.5 Å². The maximum atomic E-state index is 13.3. The van der Waals surface area contributed by atoms with Crippen molar-refractivity contribution in [2.24, 2.45) is 5.92 Å². The Balaban J connectivity index is 0.000000427. The molecule has 38 heavy (non-hydrogen) atoms. The number of hydrogen-bond acceptors (Lipinski definition) is 6. The highest BCUT2D eigenvalue weighted by molar-refractivity contribution is 8.04. The summed E-state index contributed by atoms with van der Waals surface area (Å²) in [5.41, 5.74) is 9.39. The number of nitrogens with two attached hydrogens (primary N) is 1. The lowest BCUT2D eigenvalue weighted by Gasteiger charge is -2.21. The van der Waals surface area contributed by atoms with E-state index in [1.54, 1.807) is 13.1 Å². The number of rotatable bonds is 8. The summed E-state index contributed by atoms with van der Waals surface area (Å²) in [6.45, 7) is 6.22. The number of nitrogens with one attached hydrogen (secondary N) is 2. The van der Waals surface area contributed by atoms with Crippen LogP contribution in [-0.4, -0.2) is 31.3 Å². The van der Waals surface area contributed by atoms with E-state index in [1.165, 1.54) is 31.0 Å². The molecule has 0 spiro atoms. The van der Waals surface area contributed by atoms with Gasteiger partial charge in [-0.2, -0.15) is 0 Å². The summed E-state index contributed by atoms with van der Waals surface area (Å²) in [6, 6.07) is 24.4. The Kier molecular flexibility index (Phi) is 11.6. The van der Waals surface area contributed by atoms with Crippen LogP contribution < -0.4 is 16.4 Å². The van der Waals surface area contributed by atoms with Gasteiger partial charge in [-0.25, -0.2) is 0 Å². The van der Waals surface area contributed by atoms with Gasteiger partial charge in [0.15, 0.2) is 0 Å². The molecule has 1 unspecified atom stereocenters. The zero-order chi connectivity index (χ0) is 27.3. The fraction of sp³-hybridized carbons (Fsp3) is 0.323. The summed E-state index contributed by atoms with van der Waals surface area (Å²) in [7, 11) is 1.58. The van der Waals surface area contributed by atoms with Gasteiger partial charge in [-0.1, -0.05) is 85.8 Å². The molecule has 0 radical (unpaired) electrons. The number of thioether (sulfide) groups is 1. The molecule has 1 fully saturated rings. The summed E-state index contributed by atoms with van der Waals surface area (Å²) in [4.78, 5) is 14.4. The molecule has 1 amide bonds. The van der Waals surface area contributed by atoms with Gasteiger partial charge in [0.1, 0.15) is 4.91 Å². The Morgan fingerprint density at radius 3 is 2.29 bits per heavy atom. The summed E-state index contributed by atoms with van der Waals surface area (Å²) >= 11 is 1.22. The van der Waals surface area contributed by atoms with Crippen LogP contribution in [0.1, 0.15) is 48.9 Å². The van der Waals surface area contributed by atoms with E-state index in [4.69, 9.17) is 10.5 Å². The van der Waals surface area contributed by atoms with Crippen LogP contribution in [0, 0.1) is 12.8 Å². The van der Waals surface area contributed by atoms with Gasteiger partial charge in [0.25, 0.3) is 5.91 Å². The number of nitrogen functional groups attached to an aromatic ring is 1. The first-order valence-electron chi connectivity index (χ1n) is 13.1. The molecule has 4 rings (SSSR count). The minimum atomic E-state index is -0.417. The highest BCUT2D eigenvalue weighted by Crippen LogP contribution is 2.32. The fourth-order valence-corrected chi connectivity index (χ4v) is 5.14. The zero-order valence-corrected chi connectivity index (χ0v) is 23.3. The number of aliphatic hydroxyl groups is 1. The molecule has 0 saturated carbocycles. The zero-order valence-electron chi connectivity index (χ0n) is 22.4. The molecule has 0 bridgehead atoms. The molecule has 1 aliphatic rings. The van der Waals surface area contributed by atoms with Crippen molar-refractivity contribution in [3.63, 3.8) is 0 Å². The number of aryl methyl sites for hydroxylation is 1. The van der Waals surface area contributed by atoms with E-state index in [1.807, 2.05) is 79.7 Å². The normalized spacial score (nSPS) is 14.9. The number of benzene rings is 3. The molecule has 5 N–H and O–H groups in total. The number of hydrogen-bond donors (Lipinski definition) is 4. The molecule has 1 heterocycles. The average Bonchev–Trinajstić information content (AvgIpc) is 2.96. The van der Waals surface area contributed by atoms with E-state index in [0.717, 1.165) is 40.7 Å². The molecule has 202 valence electrons. The third kappa shape index (κ3) is 8.57. The number of carbonyl (C=O) groups excluding carboxylic acids is 1. The third-order valence-electron chi connectivity index (χ3n) is 6.53. The molecular formula is C31H39N3O3S. The van der Waals surface area contributed by atoms with Gasteiger partial charge >= 0.3 is 0 Å². The van der Waals surface area contributed by atoms with Gasteiger partial charge in [0.2, 0.25) is 5.88 Å². The summed E-state index contributed by atoms with van der Waals surface area (Å²) in [6.07, 6.45) is 3.91. The minimum absolute atomic E-state index is 0.180. The van der Waals surface area contributed by atoms with Crippen LogP contribution in [-0.2, 0) is 9.53 Å². The van der Waals surface area contributed by atoms with Crippen molar-refractivity contribution in [1.82, 2.24) is 10.6 Å². The molecule has 3 aromatic rings. The van der Waals surface area contributed by atoms with Crippen molar-refractivity contribution >= 4 is 23.4 Å². The van der Waals surface area contributed by atoms with Crippen LogP contribution in [0.3, 0.4) is 0 Å². The van der Waals surface area contributed by atoms with Gasteiger partial charge in [0, 0.05) is 30.8 Å². The minimum Gasteiger partial charge on any atom is -0.494 e. The van der Waals surface area contributed by atoms with E-state index in [0.29, 0.717) is 5.69 Å². The van der Waals surface area contributed by atoms with Crippen molar-refractivity contribution in [3.8, 4) is 0 Å². The number of carbonyl (C=O) groups is 1. The van der Waals surface area contributed by atoms with Gasteiger partial charge in [-0.05, 0) is 60.6 Å². The molecule has 1 aliphatic heterocycles. The Bertz CT molecular complexity index is 1190. The van der Waals surface area contributed by atoms with Crippen molar-refractivity contribution in [3.05, 3.63) is 106 Å². The largest absolute Gasteiger partial charge is 0.494 e. The smallest absolute Gasteiger partial charge is 0.264 e. The fourth-order valence-electron chi connectivity index (χ4n) is 4.19. The van der Waals surface area contributed by atoms with Crippen molar-refractivity contribution < 1.29 is 14.6 Å². The van der Waals surface area contributed by atoms with E-state index in [9.17, 15) is 9.90 Å². The number of aliphatic hydroxyl groups excluding tert-OH is 1. The molecule has 6 nitrogen and oxygen atoms in total. The lowest BCUT2D eigenvalue weighted by atomic mass is 9.98. The van der Waals surface area contributed by atoms with Gasteiger partial charge in [-0.15, -0.1) is 0 Å². The predicted octanol–water partition coefficient (Wildman–Crippen LogP) is 6.34. The second-order valence-corrected chi connectivity index (χ2v) is 10.3. The van der Waals surface area contributed by atoms with Crippen LogP contribution >= 0.6 is 11.8 Å². The standard InChI is InChI=1S/C24H25N3O2S.C7H14O/c1-16-9-6-7-14-20(16)30-22(23(28)26-2)24(29)27-21(17-10-4-3-5-11-17)18-12-8-13-19(25)15-18;1-2-7-3-5-8-6-4-7/h3-15,21,26,28H,25H2,1-2H3,(H,27,29);7H,2-6H2,1H3/b23-22-;. The molecular weight excluding hydrogens is 494 g/mol. The first-order valence-corrected chi connectivity index (χ1v) is 13.9. The average molecular weight is 534 g/mol. The first kappa shape index (κ1) is 29.1. The topological polar surface area (TPSA) is 96.6 Å². The molecule has 0 aromatic heterocycles. The second kappa shape index (κ2) is 15.1. The van der Waals surface area contributed by atoms with Crippen LogP contribution in [0.25, 0.3) is 0 Å². The van der Waals surface area contributed by atoms with E-state index in [-0.39, 0.29) is 16.7 Å². The lowest BCUT2D eigenvalue weighted by Crippen LogP contribution is -2.31. The summed E-state index contributed by atoms with van der Waals surface area (Å²) in [5.74, 6) is 0.398. The van der Waals surface area contributed by atoms with Crippen molar-refractivity contribution in [2.75, 3.05) is 26.0 Å². The summed E-state index contributed by atoms with van der Waals surface area (Å²) < 4.78 is 5.20. The third-order valence-corrected chi connectivity index (χ3v) is 7.80. The van der Waals surface area contributed by atoms with Gasteiger partial charge in [0.05, 0.1) is 6.04 Å². The van der Waals surface area contributed by atoms with E-state index >= 15 is 0 Å². The summed E-state index contributed by atoms with van der Waals surface area (Å²) in [5, 5.41) is 16.1. The van der Waals surface area contributed by atoms with E-state index in [2.05, 4.69) is 17.6 Å². The number of amides is 1.